The summed E-state index contributed by atoms with van der Waals surface area (Å²) >= 11 is 1.17. The number of hydrogen-bond donors (Lipinski definition) is 2. The molecule has 1 aromatic carbocycles. The number of aromatic carboxylic acids is 1. The van der Waals surface area contributed by atoms with Crippen molar-refractivity contribution in [3.63, 3.8) is 0 Å². The number of benzene rings is 1. The largest absolute Gasteiger partial charge is 0.477 e. The SMILES string of the molecule is CCCc1nc(C(N)c2ccccc2)sc1C(=O)O. The second kappa shape index (κ2) is 5.95. The lowest BCUT2D eigenvalue weighted by molar-refractivity contribution is 0.0700. The van der Waals surface area contributed by atoms with Crippen LogP contribution in [0.5, 0.6) is 0 Å². The van der Waals surface area contributed by atoms with Gasteiger partial charge >= 0.3 is 5.97 Å². The lowest BCUT2D eigenvalue weighted by atomic mass is 10.1. The van der Waals surface area contributed by atoms with Crippen molar-refractivity contribution in [2.75, 3.05) is 0 Å². The Balaban J connectivity index is 2.35. The highest BCUT2D eigenvalue weighted by Gasteiger charge is 2.20. The molecule has 0 aliphatic rings. The van der Waals surface area contributed by atoms with Crippen LogP contribution in [0, 0.1) is 0 Å². The number of carbonyl (C=O) groups is 1. The summed E-state index contributed by atoms with van der Waals surface area (Å²) in [5.41, 5.74) is 7.73. The van der Waals surface area contributed by atoms with E-state index in [1.54, 1.807) is 0 Å². The first-order valence-electron chi connectivity index (χ1n) is 6.17. The van der Waals surface area contributed by atoms with Crippen LogP contribution >= 0.6 is 11.3 Å². The van der Waals surface area contributed by atoms with E-state index in [9.17, 15) is 9.90 Å². The summed E-state index contributed by atoms with van der Waals surface area (Å²) in [6.07, 6.45) is 1.53. The van der Waals surface area contributed by atoms with Crippen molar-refractivity contribution < 1.29 is 9.90 Å². The molecule has 0 bridgehead atoms. The molecule has 0 amide bonds. The van der Waals surface area contributed by atoms with Crippen LogP contribution in [0.4, 0.5) is 0 Å². The first-order valence-corrected chi connectivity index (χ1v) is 6.98. The van der Waals surface area contributed by atoms with Crippen LogP contribution in [0.1, 0.15) is 45.3 Å². The molecule has 2 rings (SSSR count). The summed E-state index contributed by atoms with van der Waals surface area (Å²) in [4.78, 5) is 15.9. The molecule has 0 saturated carbocycles. The summed E-state index contributed by atoms with van der Waals surface area (Å²) in [7, 11) is 0. The normalized spacial score (nSPS) is 12.3. The molecule has 1 aromatic heterocycles. The van der Waals surface area contributed by atoms with Crippen LogP contribution < -0.4 is 5.73 Å². The molecule has 1 heterocycles. The van der Waals surface area contributed by atoms with Gasteiger partial charge in [0.15, 0.2) is 0 Å². The predicted octanol–water partition coefficient (Wildman–Crippen LogP) is 2.84. The van der Waals surface area contributed by atoms with Gasteiger partial charge in [0.1, 0.15) is 9.88 Å². The van der Waals surface area contributed by atoms with Crippen molar-refractivity contribution in [3.8, 4) is 0 Å². The van der Waals surface area contributed by atoms with E-state index in [-0.39, 0.29) is 6.04 Å². The summed E-state index contributed by atoms with van der Waals surface area (Å²) in [6, 6.07) is 9.22. The number of nitrogens with two attached hydrogens (primary N) is 1. The fraction of sp³-hybridized carbons (Fsp3) is 0.286. The Kier molecular flexibility index (Phi) is 4.29. The van der Waals surface area contributed by atoms with Crippen molar-refractivity contribution in [1.82, 2.24) is 4.98 Å². The Labute approximate surface area is 115 Å². The molecule has 0 saturated heterocycles. The first kappa shape index (κ1) is 13.7. The van der Waals surface area contributed by atoms with Crippen LogP contribution in [0.2, 0.25) is 0 Å². The Morgan fingerprint density at radius 3 is 2.68 bits per heavy atom. The minimum absolute atomic E-state index is 0.309. The summed E-state index contributed by atoms with van der Waals surface area (Å²) in [5, 5.41) is 9.85. The third-order valence-electron chi connectivity index (χ3n) is 2.82. The van der Waals surface area contributed by atoms with Crippen molar-refractivity contribution in [2.45, 2.75) is 25.8 Å². The van der Waals surface area contributed by atoms with Crippen LogP contribution in [0.15, 0.2) is 30.3 Å². The van der Waals surface area contributed by atoms with Crippen molar-refractivity contribution >= 4 is 17.3 Å². The molecular formula is C14H16N2O2S. The van der Waals surface area contributed by atoms with Gasteiger partial charge in [-0.25, -0.2) is 9.78 Å². The molecule has 0 spiro atoms. The van der Waals surface area contributed by atoms with E-state index in [0.717, 1.165) is 12.0 Å². The quantitative estimate of drug-likeness (QED) is 0.880. The number of aromatic nitrogens is 1. The fourth-order valence-corrected chi connectivity index (χ4v) is 2.86. The molecule has 3 N–H and O–H groups in total. The van der Waals surface area contributed by atoms with E-state index in [1.165, 1.54) is 11.3 Å². The van der Waals surface area contributed by atoms with E-state index in [1.807, 2.05) is 37.3 Å². The molecule has 0 radical (unpaired) electrons. The first-order chi connectivity index (χ1) is 9.13. The number of carboxylic acid groups (broad SMARTS) is 1. The van der Waals surface area contributed by atoms with Crippen LogP contribution in [-0.2, 0) is 6.42 Å². The maximum Gasteiger partial charge on any atom is 0.347 e. The van der Waals surface area contributed by atoms with Gasteiger partial charge in [-0.15, -0.1) is 11.3 Å². The molecule has 4 nitrogen and oxygen atoms in total. The van der Waals surface area contributed by atoms with Crippen LogP contribution in [0.25, 0.3) is 0 Å². The number of rotatable bonds is 5. The Morgan fingerprint density at radius 1 is 1.42 bits per heavy atom. The zero-order valence-corrected chi connectivity index (χ0v) is 11.5. The average Bonchev–Trinajstić information content (AvgIpc) is 2.83. The minimum Gasteiger partial charge on any atom is -0.477 e. The highest BCUT2D eigenvalue weighted by Crippen LogP contribution is 2.27. The van der Waals surface area contributed by atoms with Crippen molar-refractivity contribution in [2.24, 2.45) is 5.73 Å². The summed E-state index contributed by atoms with van der Waals surface area (Å²) in [6.45, 7) is 2.00. The number of carboxylic acids is 1. The van der Waals surface area contributed by atoms with Gasteiger partial charge in [0.25, 0.3) is 0 Å². The van der Waals surface area contributed by atoms with Crippen molar-refractivity contribution in [3.05, 3.63) is 51.5 Å². The third kappa shape index (κ3) is 3.00. The van der Waals surface area contributed by atoms with Crippen molar-refractivity contribution in [1.29, 1.82) is 0 Å². The lowest BCUT2D eigenvalue weighted by Crippen LogP contribution is -2.11. The molecule has 0 aliphatic carbocycles. The lowest BCUT2D eigenvalue weighted by Gasteiger charge is -2.07. The molecule has 5 heteroatoms. The van der Waals surface area contributed by atoms with Gasteiger partial charge in [-0.2, -0.15) is 0 Å². The van der Waals surface area contributed by atoms with Crippen LogP contribution in [0.3, 0.4) is 0 Å². The molecule has 100 valence electrons. The Morgan fingerprint density at radius 2 is 2.11 bits per heavy atom. The second-order valence-electron chi connectivity index (χ2n) is 4.27. The molecule has 0 aliphatic heterocycles. The van der Waals surface area contributed by atoms with Gasteiger partial charge in [-0.05, 0) is 12.0 Å². The fourth-order valence-electron chi connectivity index (χ4n) is 1.88. The van der Waals surface area contributed by atoms with Gasteiger partial charge in [0.05, 0.1) is 11.7 Å². The molecular weight excluding hydrogens is 260 g/mol. The van der Waals surface area contributed by atoms with E-state index in [0.29, 0.717) is 22.0 Å². The Bertz CT molecular complexity index is 566. The maximum atomic E-state index is 11.2. The molecule has 0 fully saturated rings. The van der Waals surface area contributed by atoms with E-state index >= 15 is 0 Å². The average molecular weight is 276 g/mol. The standard InChI is InChI=1S/C14H16N2O2S/c1-2-6-10-12(14(17)18)19-13(16-10)11(15)9-7-4-3-5-8-9/h3-5,7-8,11H,2,6,15H2,1H3,(H,17,18). The molecule has 19 heavy (non-hydrogen) atoms. The molecule has 1 atom stereocenters. The predicted molar refractivity (Wildman–Crippen MR) is 75.5 cm³/mol. The second-order valence-corrected chi connectivity index (χ2v) is 5.30. The molecule has 2 aromatic rings. The van der Waals surface area contributed by atoms with Gasteiger partial charge in [-0.3, -0.25) is 0 Å². The summed E-state index contributed by atoms with van der Waals surface area (Å²) < 4.78 is 0. The van der Waals surface area contributed by atoms with Gasteiger partial charge < -0.3 is 10.8 Å². The number of nitrogens with zero attached hydrogens (tertiary/aromatic N) is 1. The smallest absolute Gasteiger partial charge is 0.347 e. The van der Waals surface area contributed by atoms with Crippen LogP contribution in [-0.4, -0.2) is 16.1 Å². The highest BCUT2D eigenvalue weighted by molar-refractivity contribution is 7.13. The monoisotopic (exact) mass is 276 g/mol. The highest BCUT2D eigenvalue weighted by atomic mass is 32.1. The minimum atomic E-state index is -0.924. The van der Waals surface area contributed by atoms with Gasteiger partial charge in [0.2, 0.25) is 0 Å². The summed E-state index contributed by atoms with van der Waals surface area (Å²) in [5.74, 6) is -0.924. The number of aryl methyl sites for hydroxylation is 1. The van der Waals surface area contributed by atoms with E-state index in [2.05, 4.69) is 4.98 Å². The topological polar surface area (TPSA) is 76.2 Å². The number of thiazole rings is 1. The van der Waals surface area contributed by atoms with Gasteiger partial charge in [0, 0.05) is 0 Å². The van der Waals surface area contributed by atoms with E-state index < -0.39 is 5.97 Å². The van der Waals surface area contributed by atoms with E-state index in [4.69, 9.17) is 5.73 Å². The third-order valence-corrected chi connectivity index (χ3v) is 3.99. The maximum absolute atomic E-state index is 11.2. The zero-order valence-electron chi connectivity index (χ0n) is 10.7. The zero-order chi connectivity index (χ0) is 13.8. The number of hydrogen-bond acceptors (Lipinski definition) is 4. The Hall–Kier alpha value is -1.72. The molecule has 1 unspecified atom stereocenters. The van der Waals surface area contributed by atoms with Gasteiger partial charge in [-0.1, -0.05) is 43.7 Å².